The summed E-state index contributed by atoms with van der Waals surface area (Å²) in [7, 11) is 0. The van der Waals surface area contributed by atoms with E-state index in [2.05, 4.69) is 45.5 Å². The lowest BCUT2D eigenvalue weighted by Gasteiger charge is -2.04. The molecule has 2 rings (SSSR count). The Bertz CT molecular complexity index is 264. The van der Waals surface area contributed by atoms with Crippen LogP contribution in [-0.2, 0) is 0 Å². The fraction of sp³-hybridized carbons (Fsp3) is 0.455. The van der Waals surface area contributed by atoms with Crippen LogP contribution in [0.15, 0.2) is 28.7 Å². The first-order valence-electron chi connectivity index (χ1n) is 4.84. The summed E-state index contributed by atoms with van der Waals surface area (Å²) >= 11 is 3.42. The van der Waals surface area contributed by atoms with E-state index in [1.165, 1.54) is 24.9 Å². The molecule has 0 aliphatic heterocycles. The van der Waals surface area contributed by atoms with Crippen LogP contribution < -0.4 is 5.32 Å². The van der Waals surface area contributed by atoms with Crippen molar-refractivity contribution in [3.05, 3.63) is 28.7 Å². The number of rotatable bonds is 4. The van der Waals surface area contributed by atoms with Gasteiger partial charge in [0.2, 0.25) is 0 Å². The van der Waals surface area contributed by atoms with Gasteiger partial charge in [0.1, 0.15) is 0 Å². The second kappa shape index (κ2) is 4.14. The van der Waals surface area contributed by atoms with Gasteiger partial charge in [0.15, 0.2) is 0 Å². The SMILES string of the molecule is Brc1ccc(NCCC2CC2)cc1. The average Bonchev–Trinajstić information content (AvgIpc) is 2.92. The van der Waals surface area contributed by atoms with Crippen molar-refractivity contribution in [2.24, 2.45) is 5.92 Å². The molecule has 2 heteroatoms. The third-order valence-corrected chi connectivity index (χ3v) is 2.95. The van der Waals surface area contributed by atoms with Crippen molar-refractivity contribution in [1.29, 1.82) is 0 Å². The molecule has 1 fully saturated rings. The Morgan fingerprint density at radius 1 is 1.23 bits per heavy atom. The third kappa shape index (κ3) is 3.03. The molecule has 1 saturated carbocycles. The molecule has 0 unspecified atom stereocenters. The van der Waals surface area contributed by atoms with Gasteiger partial charge in [0, 0.05) is 16.7 Å². The van der Waals surface area contributed by atoms with Crippen LogP contribution >= 0.6 is 15.9 Å². The Morgan fingerprint density at radius 2 is 1.92 bits per heavy atom. The van der Waals surface area contributed by atoms with Crippen molar-refractivity contribution in [1.82, 2.24) is 0 Å². The summed E-state index contributed by atoms with van der Waals surface area (Å²) in [6, 6.07) is 8.35. The maximum Gasteiger partial charge on any atom is 0.0340 e. The molecule has 1 aromatic rings. The average molecular weight is 240 g/mol. The molecule has 0 spiro atoms. The predicted molar refractivity (Wildman–Crippen MR) is 60.0 cm³/mol. The smallest absolute Gasteiger partial charge is 0.0340 e. The monoisotopic (exact) mass is 239 g/mol. The minimum absolute atomic E-state index is 1.02. The first-order valence-corrected chi connectivity index (χ1v) is 5.63. The fourth-order valence-electron chi connectivity index (χ4n) is 1.39. The lowest BCUT2D eigenvalue weighted by Crippen LogP contribution is -2.01. The number of hydrogen-bond donors (Lipinski definition) is 1. The van der Waals surface area contributed by atoms with Crippen LogP contribution in [0.1, 0.15) is 19.3 Å². The molecule has 0 radical (unpaired) electrons. The van der Waals surface area contributed by atoms with E-state index in [0.717, 1.165) is 16.9 Å². The van der Waals surface area contributed by atoms with Crippen molar-refractivity contribution in [3.63, 3.8) is 0 Å². The van der Waals surface area contributed by atoms with Crippen molar-refractivity contribution < 1.29 is 0 Å². The Hall–Kier alpha value is -0.500. The number of benzene rings is 1. The van der Waals surface area contributed by atoms with Gasteiger partial charge in [-0.15, -0.1) is 0 Å². The van der Waals surface area contributed by atoms with E-state index in [1.54, 1.807) is 0 Å². The van der Waals surface area contributed by atoms with Gasteiger partial charge in [-0.25, -0.2) is 0 Å². The Kier molecular flexibility index (Phi) is 2.89. The van der Waals surface area contributed by atoms with Gasteiger partial charge in [0.25, 0.3) is 0 Å². The number of halogens is 1. The molecule has 0 bridgehead atoms. The van der Waals surface area contributed by atoms with Gasteiger partial charge in [-0.05, 0) is 36.6 Å². The first kappa shape index (κ1) is 9.07. The van der Waals surface area contributed by atoms with E-state index in [0.29, 0.717) is 0 Å². The molecule has 0 atom stereocenters. The zero-order chi connectivity index (χ0) is 9.10. The molecule has 0 saturated heterocycles. The van der Waals surface area contributed by atoms with Gasteiger partial charge in [-0.3, -0.25) is 0 Å². The molecular weight excluding hydrogens is 226 g/mol. The summed E-state index contributed by atoms with van der Waals surface area (Å²) < 4.78 is 1.14. The first-order chi connectivity index (χ1) is 6.34. The molecule has 70 valence electrons. The molecule has 0 aromatic heterocycles. The summed E-state index contributed by atoms with van der Waals surface area (Å²) in [6.45, 7) is 1.12. The lowest BCUT2D eigenvalue weighted by atomic mass is 10.2. The molecule has 13 heavy (non-hydrogen) atoms. The van der Waals surface area contributed by atoms with Gasteiger partial charge in [0.05, 0.1) is 0 Å². The molecule has 1 aliphatic rings. The van der Waals surface area contributed by atoms with Crippen LogP contribution in [0.2, 0.25) is 0 Å². The maximum absolute atomic E-state index is 3.42. The van der Waals surface area contributed by atoms with Crippen LogP contribution in [0.25, 0.3) is 0 Å². The summed E-state index contributed by atoms with van der Waals surface area (Å²) in [5, 5.41) is 3.42. The predicted octanol–water partition coefficient (Wildman–Crippen LogP) is 3.66. The highest BCUT2D eigenvalue weighted by molar-refractivity contribution is 9.10. The van der Waals surface area contributed by atoms with Gasteiger partial charge in [-0.2, -0.15) is 0 Å². The van der Waals surface area contributed by atoms with E-state index in [4.69, 9.17) is 0 Å². The normalized spacial score (nSPS) is 15.8. The Morgan fingerprint density at radius 3 is 2.54 bits per heavy atom. The lowest BCUT2D eigenvalue weighted by molar-refractivity contribution is 0.760. The van der Waals surface area contributed by atoms with Crippen molar-refractivity contribution in [2.45, 2.75) is 19.3 Å². The van der Waals surface area contributed by atoms with Crippen LogP contribution in [-0.4, -0.2) is 6.54 Å². The summed E-state index contributed by atoms with van der Waals surface area (Å²) in [5.74, 6) is 1.02. The Labute approximate surface area is 87.7 Å². The minimum Gasteiger partial charge on any atom is -0.385 e. The second-order valence-electron chi connectivity index (χ2n) is 3.67. The molecule has 0 amide bonds. The van der Waals surface area contributed by atoms with Gasteiger partial charge in [-0.1, -0.05) is 28.8 Å². The molecule has 0 heterocycles. The summed E-state index contributed by atoms with van der Waals surface area (Å²) in [4.78, 5) is 0. The van der Waals surface area contributed by atoms with E-state index in [9.17, 15) is 0 Å². The second-order valence-corrected chi connectivity index (χ2v) is 4.58. The number of hydrogen-bond acceptors (Lipinski definition) is 1. The topological polar surface area (TPSA) is 12.0 Å². The number of nitrogens with one attached hydrogen (secondary N) is 1. The summed E-state index contributed by atoms with van der Waals surface area (Å²) in [5.41, 5.74) is 1.23. The zero-order valence-corrected chi connectivity index (χ0v) is 9.18. The van der Waals surface area contributed by atoms with Gasteiger partial charge < -0.3 is 5.32 Å². The number of anilines is 1. The fourth-order valence-corrected chi connectivity index (χ4v) is 1.66. The van der Waals surface area contributed by atoms with E-state index in [1.807, 2.05) is 0 Å². The summed E-state index contributed by atoms with van der Waals surface area (Å²) in [6.07, 6.45) is 4.22. The standard InChI is InChI=1S/C11H14BrN/c12-10-3-5-11(6-4-10)13-8-7-9-1-2-9/h3-6,9,13H,1-2,7-8H2. The third-order valence-electron chi connectivity index (χ3n) is 2.42. The maximum atomic E-state index is 3.42. The highest BCUT2D eigenvalue weighted by atomic mass is 79.9. The largest absolute Gasteiger partial charge is 0.385 e. The highest BCUT2D eigenvalue weighted by Crippen LogP contribution is 2.32. The molecule has 1 aromatic carbocycles. The van der Waals surface area contributed by atoms with Crippen LogP contribution in [0.3, 0.4) is 0 Å². The van der Waals surface area contributed by atoms with Crippen molar-refractivity contribution in [3.8, 4) is 0 Å². The van der Waals surface area contributed by atoms with E-state index < -0.39 is 0 Å². The zero-order valence-electron chi connectivity index (χ0n) is 7.59. The van der Waals surface area contributed by atoms with E-state index >= 15 is 0 Å². The van der Waals surface area contributed by atoms with Crippen LogP contribution in [0, 0.1) is 5.92 Å². The van der Waals surface area contributed by atoms with Crippen LogP contribution in [0.5, 0.6) is 0 Å². The van der Waals surface area contributed by atoms with Crippen molar-refractivity contribution in [2.75, 3.05) is 11.9 Å². The molecule has 1 N–H and O–H groups in total. The van der Waals surface area contributed by atoms with Crippen LogP contribution in [0.4, 0.5) is 5.69 Å². The van der Waals surface area contributed by atoms with E-state index in [-0.39, 0.29) is 0 Å². The molecular formula is C11H14BrN. The highest BCUT2D eigenvalue weighted by Gasteiger charge is 2.19. The Balaban J connectivity index is 1.76. The molecule has 1 aliphatic carbocycles. The van der Waals surface area contributed by atoms with Gasteiger partial charge >= 0.3 is 0 Å². The van der Waals surface area contributed by atoms with Crippen molar-refractivity contribution >= 4 is 21.6 Å². The minimum atomic E-state index is 1.02. The quantitative estimate of drug-likeness (QED) is 0.846. The molecule has 1 nitrogen and oxygen atoms in total.